The highest BCUT2D eigenvalue weighted by Crippen LogP contribution is 2.33. The molecule has 1 aliphatic rings. The number of rotatable bonds is 8. The first-order valence-corrected chi connectivity index (χ1v) is 13.3. The molecule has 0 saturated carbocycles. The van der Waals surface area contributed by atoms with E-state index in [4.69, 9.17) is 11.6 Å². The van der Waals surface area contributed by atoms with E-state index in [-0.39, 0.29) is 11.9 Å². The van der Waals surface area contributed by atoms with Crippen molar-refractivity contribution in [3.05, 3.63) is 88.2 Å². The summed E-state index contributed by atoms with van der Waals surface area (Å²) in [6.45, 7) is 3.69. The third-order valence-electron chi connectivity index (χ3n) is 6.92. The van der Waals surface area contributed by atoms with E-state index >= 15 is 0 Å². The van der Waals surface area contributed by atoms with E-state index in [9.17, 15) is 9.90 Å². The molecular weight excluding hydrogens is 514 g/mol. The number of aromatic amines is 1. The Hall–Kier alpha value is -3.95. The Balaban J connectivity index is 1.38. The minimum atomic E-state index is -1.13. The fourth-order valence-electron chi connectivity index (χ4n) is 4.79. The van der Waals surface area contributed by atoms with E-state index in [2.05, 4.69) is 36.1 Å². The lowest BCUT2D eigenvalue weighted by atomic mass is 9.93. The van der Waals surface area contributed by atoms with Crippen LogP contribution in [0.2, 0.25) is 5.02 Å². The van der Waals surface area contributed by atoms with Crippen molar-refractivity contribution in [3.63, 3.8) is 0 Å². The number of H-pyrrole nitrogens is 1. The van der Waals surface area contributed by atoms with Gasteiger partial charge in [0.05, 0.1) is 23.5 Å². The van der Waals surface area contributed by atoms with Crippen LogP contribution < -0.4 is 16.0 Å². The summed E-state index contributed by atoms with van der Waals surface area (Å²) in [5.41, 5.74) is 5.90. The third kappa shape index (κ3) is 5.89. The van der Waals surface area contributed by atoms with Gasteiger partial charge in [-0.2, -0.15) is 5.10 Å². The average Bonchev–Trinajstić information content (AvgIpc) is 3.42. The standard InChI is InChI=1S/C29H32ClN7O2/c1-29(2,39)28-33-14-20(15-34-28)17-7-9-22(27(38)31-3)25(12-17)32-13-19-11-21(8-10-23(19)30)36-24-6-4-5-18-16-35-37-26(18)24/h7-12,14-16,24,32,36,39H,4-6,13H2,1-3H3,(H,31,38)(H,35,37). The molecule has 202 valence electrons. The largest absolute Gasteiger partial charge is 0.382 e. The number of benzene rings is 2. The van der Waals surface area contributed by atoms with E-state index in [1.807, 2.05) is 36.5 Å². The van der Waals surface area contributed by atoms with Crippen LogP contribution in [0.25, 0.3) is 11.1 Å². The summed E-state index contributed by atoms with van der Waals surface area (Å²) in [4.78, 5) is 21.2. The van der Waals surface area contributed by atoms with Crippen molar-refractivity contribution < 1.29 is 9.90 Å². The van der Waals surface area contributed by atoms with E-state index in [1.54, 1.807) is 39.4 Å². The molecule has 0 saturated heterocycles. The maximum absolute atomic E-state index is 12.6. The molecule has 10 heteroatoms. The molecule has 4 aromatic rings. The van der Waals surface area contributed by atoms with Crippen LogP contribution in [0.5, 0.6) is 0 Å². The maximum Gasteiger partial charge on any atom is 0.253 e. The fraction of sp³-hybridized carbons (Fsp3) is 0.310. The van der Waals surface area contributed by atoms with E-state index in [0.29, 0.717) is 28.6 Å². The number of hydrogen-bond donors (Lipinski definition) is 5. The van der Waals surface area contributed by atoms with Crippen LogP contribution in [0.15, 0.2) is 55.0 Å². The highest BCUT2D eigenvalue weighted by atomic mass is 35.5. The molecule has 1 amide bonds. The van der Waals surface area contributed by atoms with Gasteiger partial charge in [-0.25, -0.2) is 9.97 Å². The molecular formula is C29H32ClN7O2. The number of aliphatic hydroxyl groups is 1. The highest BCUT2D eigenvalue weighted by Gasteiger charge is 2.22. The van der Waals surface area contributed by atoms with Crippen molar-refractivity contribution in [2.24, 2.45) is 0 Å². The first kappa shape index (κ1) is 26.6. The van der Waals surface area contributed by atoms with Gasteiger partial charge >= 0.3 is 0 Å². The number of carbonyl (C=O) groups excluding carboxylic acids is 1. The second kappa shape index (κ2) is 11.0. The lowest BCUT2D eigenvalue weighted by molar-refractivity contribution is 0.0687. The Kier molecular flexibility index (Phi) is 7.54. The first-order chi connectivity index (χ1) is 18.7. The third-order valence-corrected chi connectivity index (χ3v) is 7.29. The van der Waals surface area contributed by atoms with Crippen molar-refractivity contribution in [1.29, 1.82) is 0 Å². The number of halogens is 1. The SMILES string of the molecule is CNC(=O)c1ccc(-c2cnc(C(C)(C)O)nc2)cc1NCc1cc(NC2CCCc3cn[nH]c32)ccc1Cl. The summed E-state index contributed by atoms with van der Waals surface area (Å²) in [6, 6.07) is 11.6. The number of fused-ring (bicyclic) bond motifs is 1. The average molecular weight is 546 g/mol. The second-order valence-electron chi connectivity index (χ2n) is 10.3. The molecule has 2 heterocycles. The molecule has 39 heavy (non-hydrogen) atoms. The van der Waals surface area contributed by atoms with Gasteiger partial charge in [0.1, 0.15) is 5.60 Å². The monoisotopic (exact) mass is 545 g/mol. The van der Waals surface area contributed by atoms with Crippen LogP contribution in [0.1, 0.15) is 65.7 Å². The molecule has 0 radical (unpaired) electrons. The van der Waals surface area contributed by atoms with Gasteiger partial charge in [0.15, 0.2) is 5.82 Å². The predicted molar refractivity (Wildman–Crippen MR) is 153 cm³/mol. The van der Waals surface area contributed by atoms with Crippen molar-refractivity contribution in [3.8, 4) is 11.1 Å². The molecule has 0 bridgehead atoms. The number of anilines is 2. The zero-order valence-corrected chi connectivity index (χ0v) is 22.9. The van der Waals surface area contributed by atoms with Crippen molar-refractivity contribution in [2.45, 2.75) is 51.3 Å². The van der Waals surface area contributed by atoms with E-state index in [1.165, 1.54) is 5.56 Å². The molecule has 5 N–H and O–H groups in total. The van der Waals surface area contributed by atoms with Crippen molar-refractivity contribution in [2.75, 3.05) is 17.7 Å². The lowest BCUT2D eigenvalue weighted by Gasteiger charge is -2.24. The zero-order chi connectivity index (χ0) is 27.6. The Morgan fingerprint density at radius 2 is 1.92 bits per heavy atom. The van der Waals surface area contributed by atoms with E-state index in [0.717, 1.165) is 47.3 Å². The van der Waals surface area contributed by atoms with E-state index < -0.39 is 5.60 Å². The molecule has 5 rings (SSSR count). The quantitative estimate of drug-likeness (QED) is 0.206. The Morgan fingerprint density at radius 1 is 1.13 bits per heavy atom. The molecule has 0 spiro atoms. The van der Waals surface area contributed by atoms with Crippen LogP contribution in [-0.2, 0) is 18.6 Å². The Bertz CT molecular complexity index is 1480. The number of nitrogens with zero attached hydrogens (tertiary/aromatic N) is 3. The topological polar surface area (TPSA) is 128 Å². The first-order valence-electron chi connectivity index (χ1n) is 13.0. The fourth-order valence-corrected chi connectivity index (χ4v) is 4.98. The molecule has 1 atom stereocenters. The number of aryl methyl sites for hydroxylation is 1. The highest BCUT2D eigenvalue weighted by molar-refractivity contribution is 6.31. The molecule has 1 aliphatic carbocycles. The van der Waals surface area contributed by atoms with Gasteiger partial charge in [0.2, 0.25) is 0 Å². The smallest absolute Gasteiger partial charge is 0.253 e. The van der Waals surface area contributed by atoms with Gasteiger partial charge in [0.25, 0.3) is 5.91 Å². The Labute approximate surface area is 232 Å². The number of carbonyl (C=O) groups is 1. The zero-order valence-electron chi connectivity index (χ0n) is 22.2. The van der Waals surface area contributed by atoms with Crippen molar-refractivity contribution in [1.82, 2.24) is 25.5 Å². The van der Waals surface area contributed by atoms with Crippen LogP contribution in [0.4, 0.5) is 11.4 Å². The maximum atomic E-state index is 12.6. The van der Waals surface area contributed by atoms with Crippen LogP contribution in [0.3, 0.4) is 0 Å². The van der Waals surface area contributed by atoms with Gasteiger partial charge in [-0.05, 0) is 80.1 Å². The molecule has 9 nitrogen and oxygen atoms in total. The van der Waals surface area contributed by atoms with Crippen LogP contribution >= 0.6 is 11.6 Å². The Morgan fingerprint density at radius 3 is 2.67 bits per heavy atom. The summed E-state index contributed by atoms with van der Waals surface area (Å²) in [5, 5.41) is 27.9. The van der Waals surface area contributed by atoms with Crippen LogP contribution in [-0.4, -0.2) is 38.2 Å². The molecule has 2 aromatic heterocycles. The molecule has 2 aromatic carbocycles. The van der Waals surface area contributed by atoms with Crippen LogP contribution in [0, 0.1) is 0 Å². The van der Waals surface area contributed by atoms with Gasteiger partial charge in [-0.3, -0.25) is 9.89 Å². The predicted octanol–water partition coefficient (Wildman–Crippen LogP) is 5.21. The summed E-state index contributed by atoms with van der Waals surface area (Å²) >= 11 is 6.58. The normalized spacial score (nSPS) is 14.9. The summed E-state index contributed by atoms with van der Waals surface area (Å²) in [6.07, 6.45) is 8.42. The lowest BCUT2D eigenvalue weighted by Crippen LogP contribution is -2.20. The van der Waals surface area contributed by atoms with Gasteiger partial charge in [-0.1, -0.05) is 17.7 Å². The van der Waals surface area contributed by atoms with Crippen molar-refractivity contribution >= 4 is 28.9 Å². The van der Waals surface area contributed by atoms with Gasteiger partial charge < -0.3 is 21.1 Å². The summed E-state index contributed by atoms with van der Waals surface area (Å²) in [5.74, 6) is 0.138. The minimum Gasteiger partial charge on any atom is -0.382 e. The summed E-state index contributed by atoms with van der Waals surface area (Å²) in [7, 11) is 1.60. The number of nitrogens with one attached hydrogen (secondary N) is 4. The number of hydrogen-bond acceptors (Lipinski definition) is 7. The second-order valence-corrected chi connectivity index (χ2v) is 10.7. The number of amides is 1. The number of aromatic nitrogens is 4. The minimum absolute atomic E-state index is 0.166. The van der Waals surface area contributed by atoms with Gasteiger partial charge in [0, 0.05) is 47.9 Å². The molecule has 1 unspecified atom stereocenters. The summed E-state index contributed by atoms with van der Waals surface area (Å²) < 4.78 is 0. The molecule has 0 aliphatic heterocycles. The van der Waals surface area contributed by atoms with Gasteiger partial charge in [-0.15, -0.1) is 0 Å². The molecule has 0 fully saturated rings.